The highest BCUT2D eigenvalue weighted by molar-refractivity contribution is 6.01. The van der Waals surface area contributed by atoms with E-state index in [0.29, 0.717) is 19.1 Å². The predicted octanol–water partition coefficient (Wildman–Crippen LogP) is 5.23. The summed E-state index contributed by atoms with van der Waals surface area (Å²) in [5.74, 6) is 1.57. The van der Waals surface area contributed by atoms with Crippen LogP contribution in [-0.2, 0) is 6.54 Å². The number of hydrogen-bond donors (Lipinski definition) is 3. The number of nitrogens with two attached hydrogens (primary N) is 1. The summed E-state index contributed by atoms with van der Waals surface area (Å²) < 4.78 is 8.06. The molecule has 0 unspecified atom stereocenters. The van der Waals surface area contributed by atoms with Crippen molar-refractivity contribution in [2.45, 2.75) is 39.7 Å². The van der Waals surface area contributed by atoms with Crippen LogP contribution in [0.5, 0.6) is 5.75 Å². The lowest BCUT2D eigenvalue weighted by molar-refractivity contribution is 0.252. The molecule has 1 aliphatic rings. The molecule has 30 heavy (non-hydrogen) atoms. The van der Waals surface area contributed by atoms with Gasteiger partial charge in [-0.1, -0.05) is 19.1 Å². The number of nitrogen functional groups attached to an aromatic ring is 1. The topological polar surface area (TPSA) is 81.3 Å². The average molecular weight is 407 g/mol. The summed E-state index contributed by atoms with van der Waals surface area (Å²) in [6.07, 6.45) is 3.43. The Morgan fingerprint density at radius 1 is 1.17 bits per heavy atom. The van der Waals surface area contributed by atoms with Crippen molar-refractivity contribution in [3.8, 4) is 17.0 Å². The smallest absolute Gasteiger partial charge is 0.319 e. The first-order chi connectivity index (χ1) is 14.6. The molecular formula is C24H30N4O2. The maximum absolute atomic E-state index is 11.9. The fraction of sp³-hybridized carbons (Fsp3) is 0.375. The standard InChI is InChI=1S/C24H30N4O2/c1-3-13-26-24(29)27-18-9-7-17(8-10-18)23-22(25)20-12-11-19(30-4-2)14-21(20)28(23)15-16-5-6-16/h7-12,14,16H,3-6,13,15,25H2,1-2H3,(H2,26,27,29). The zero-order valence-corrected chi connectivity index (χ0v) is 17.7. The fourth-order valence-corrected chi connectivity index (χ4v) is 3.80. The first kappa shape index (κ1) is 20.1. The average Bonchev–Trinajstić information content (AvgIpc) is 3.52. The molecule has 0 saturated heterocycles. The van der Waals surface area contributed by atoms with Gasteiger partial charge in [0.1, 0.15) is 5.75 Å². The van der Waals surface area contributed by atoms with Gasteiger partial charge in [-0.2, -0.15) is 0 Å². The lowest BCUT2D eigenvalue weighted by Crippen LogP contribution is -2.29. The molecule has 6 heteroatoms. The number of ether oxygens (including phenoxy) is 1. The van der Waals surface area contributed by atoms with Crippen molar-refractivity contribution in [2.75, 3.05) is 24.2 Å². The van der Waals surface area contributed by atoms with E-state index in [-0.39, 0.29) is 6.03 Å². The highest BCUT2D eigenvalue weighted by Gasteiger charge is 2.26. The third-order valence-electron chi connectivity index (χ3n) is 5.48. The van der Waals surface area contributed by atoms with Crippen molar-refractivity contribution in [1.82, 2.24) is 9.88 Å². The van der Waals surface area contributed by atoms with E-state index in [0.717, 1.165) is 52.3 Å². The van der Waals surface area contributed by atoms with Crippen LogP contribution in [0.3, 0.4) is 0 Å². The number of aromatic nitrogens is 1. The number of urea groups is 1. The van der Waals surface area contributed by atoms with Crippen LogP contribution in [0.15, 0.2) is 42.5 Å². The number of carbonyl (C=O) groups is 1. The Morgan fingerprint density at radius 2 is 1.93 bits per heavy atom. The van der Waals surface area contributed by atoms with Crippen LogP contribution in [0.25, 0.3) is 22.2 Å². The van der Waals surface area contributed by atoms with E-state index in [1.54, 1.807) is 0 Å². The van der Waals surface area contributed by atoms with Crippen molar-refractivity contribution < 1.29 is 9.53 Å². The highest BCUT2D eigenvalue weighted by Crippen LogP contribution is 2.41. The van der Waals surface area contributed by atoms with Gasteiger partial charge in [0.05, 0.1) is 23.5 Å². The summed E-state index contributed by atoms with van der Waals surface area (Å²) >= 11 is 0. The van der Waals surface area contributed by atoms with Crippen LogP contribution < -0.4 is 21.1 Å². The maximum Gasteiger partial charge on any atom is 0.319 e. The lowest BCUT2D eigenvalue weighted by atomic mass is 10.1. The van der Waals surface area contributed by atoms with Crippen molar-refractivity contribution in [2.24, 2.45) is 5.92 Å². The minimum atomic E-state index is -0.185. The van der Waals surface area contributed by atoms with Crippen molar-refractivity contribution in [3.63, 3.8) is 0 Å². The van der Waals surface area contributed by atoms with E-state index < -0.39 is 0 Å². The number of rotatable bonds is 8. The maximum atomic E-state index is 11.9. The minimum Gasteiger partial charge on any atom is -0.494 e. The lowest BCUT2D eigenvalue weighted by Gasteiger charge is -2.13. The van der Waals surface area contributed by atoms with E-state index in [1.165, 1.54) is 12.8 Å². The summed E-state index contributed by atoms with van der Waals surface area (Å²) in [6.45, 7) is 6.27. The first-order valence-electron chi connectivity index (χ1n) is 10.8. The van der Waals surface area contributed by atoms with Crippen molar-refractivity contribution in [3.05, 3.63) is 42.5 Å². The molecule has 1 heterocycles. The minimum absolute atomic E-state index is 0.185. The fourth-order valence-electron chi connectivity index (χ4n) is 3.80. The normalized spacial score (nSPS) is 13.4. The van der Waals surface area contributed by atoms with Crippen molar-refractivity contribution >= 4 is 28.3 Å². The van der Waals surface area contributed by atoms with Crippen molar-refractivity contribution in [1.29, 1.82) is 0 Å². The van der Waals surface area contributed by atoms with Crippen LogP contribution in [-0.4, -0.2) is 23.7 Å². The van der Waals surface area contributed by atoms with Gasteiger partial charge in [-0.25, -0.2) is 4.79 Å². The van der Waals surface area contributed by atoms with E-state index in [4.69, 9.17) is 10.5 Å². The van der Waals surface area contributed by atoms with Gasteiger partial charge >= 0.3 is 6.03 Å². The summed E-state index contributed by atoms with van der Waals surface area (Å²) in [7, 11) is 0. The molecule has 0 atom stereocenters. The summed E-state index contributed by atoms with van der Waals surface area (Å²) in [4.78, 5) is 11.9. The Labute approximate surface area is 177 Å². The Balaban J connectivity index is 1.68. The molecule has 0 bridgehead atoms. The van der Waals surface area contributed by atoms with E-state index >= 15 is 0 Å². The molecule has 0 spiro atoms. The number of anilines is 2. The molecule has 2 aromatic carbocycles. The summed E-state index contributed by atoms with van der Waals surface area (Å²) in [5, 5.41) is 6.74. The molecule has 6 nitrogen and oxygen atoms in total. The van der Waals surface area contributed by atoms with Gasteiger partial charge < -0.3 is 25.7 Å². The molecule has 158 valence electrons. The second-order valence-electron chi connectivity index (χ2n) is 7.89. The van der Waals surface area contributed by atoms with Crippen LogP contribution in [0, 0.1) is 5.92 Å². The van der Waals surface area contributed by atoms with E-state index in [9.17, 15) is 4.79 Å². The van der Waals surface area contributed by atoms with Crippen LogP contribution in [0.1, 0.15) is 33.1 Å². The summed E-state index contributed by atoms with van der Waals surface area (Å²) in [6, 6.07) is 13.8. The van der Waals surface area contributed by atoms with Gasteiger partial charge in [-0.15, -0.1) is 0 Å². The van der Waals surface area contributed by atoms with Gasteiger partial charge in [0, 0.05) is 35.8 Å². The largest absolute Gasteiger partial charge is 0.494 e. The third kappa shape index (κ3) is 4.22. The number of hydrogen-bond acceptors (Lipinski definition) is 3. The van der Waals surface area contributed by atoms with Gasteiger partial charge in [-0.05, 0) is 56.4 Å². The molecule has 2 amide bonds. The van der Waals surface area contributed by atoms with Gasteiger partial charge in [0.2, 0.25) is 0 Å². The predicted molar refractivity (Wildman–Crippen MR) is 123 cm³/mol. The first-order valence-corrected chi connectivity index (χ1v) is 10.8. The number of nitrogens with one attached hydrogen (secondary N) is 2. The SMILES string of the molecule is CCCNC(=O)Nc1ccc(-c2c(N)c3ccc(OCC)cc3n2CC2CC2)cc1. The highest BCUT2D eigenvalue weighted by atomic mass is 16.5. The zero-order chi connectivity index (χ0) is 21.1. The Kier molecular flexibility index (Phi) is 5.84. The number of carbonyl (C=O) groups excluding carboxylic acids is 1. The molecule has 3 aromatic rings. The molecule has 4 rings (SSSR count). The number of fused-ring (bicyclic) bond motifs is 1. The molecular weight excluding hydrogens is 376 g/mol. The Bertz CT molecular complexity index is 1040. The second kappa shape index (κ2) is 8.69. The monoisotopic (exact) mass is 406 g/mol. The Morgan fingerprint density at radius 3 is 2.60 bits per heavy atom. The Hall–Kier alpha value is -3.15. The molecule has 1 saturated carbocycles. The second-order valence-corrected chi connectivity index (χ2v) is 7.89. The van der Waals surface area contributed by atoms with Gasteiger partial charge in [-0.3, -0.25) is 0 Å². The van der Waals surface area contributed by atoms with Crippen LogP contribution in [0.4, 0.5) is 16.2 Å². The van der Waals surface area contributed by atoms with E-state index in [1.807, 2.05) is 44.2 Å². The number of amides is 2. The zero-order valence-electron chi connectivity index (χ0n) is 17.7. The molecule has 1 aliphatic carbocycles. The molecule has 4 N–H and O–H groups in total. The van der Waals surface area contributed by atoms with E-state index in [2.05, 4.69) is 27.3 Å². The molecule has 1 fully saturated rings. The van der Waals surface area contributed by atoms with Gasteiger partial charge in [0.25, 0.3) is 0 Å². The molecule has 1 aromatic heterocycles. The van der Waals surface area contributed by atoms with Crippen LogP contribution >= 0.6 is 0 Å². The molecule has 0 radical (unpaired) electrons. The van der Waals surface area contributed by atoms with Gasteiger partial charge in [0.15, 0.2) is 0 Å². The third-order valence-corrected chi connectivity index (χ3v) is 5.48. The summed E-state index contributed by atoms with van der Waals surface area (Å²) in [5.41, 5.74) is 11.4. The van der Waals surface area contributed by atoms with Crippen LogP contribution in [0.2, 0.25) is 0 Å². The number of benzene rings is 2. The quantitative estimate of drug-likeness (QED) is 0.479. The molecule has 0 aliphatic heterocycles. The number of nitrogens with zero attached hydrogens (tertiary/aromatic N) is 1.